The number of benzene rings is 1. The number of methoxy groups -OCH3 is 1. The van der Waals surface area contributed by atoms with Crippen molar-refractivity contribution in [2.75, 3.05) is 7.11 Å². The van der Waals surface area contributed by atoms with E-state index in [2.05, 4.69) is 19.2 Å². The Labute approximate surface area is 162 Å². The van der Waals surface area contributed by atoms with Crippen LogP contribution in [0.15, 0.2) is 41.9 Å². The molecule has 148 valence electrons. The second-order valence-electron chi connectivity index (χ2n) is 8.51. The Bertz CT molecular complexity index is 769. The standard InChI is InChI=1S/C22H31NO4/c1-14-19(24)17(12-18(26-7)22(14,5)6)16-10-8-9-15(11-16)13-23-20(25)27-21(2,3)4/h8-12,14,24H,13H2,1-7H3,(H,23,25). The zero-order valence-corrected chi connectivity index (χ0v) is 17.3. The molecule has 1 aliphatic carbocycles. The summed E-state index contributed by atoms with van der Waals surface area (Å²) in [4.78, 5) is 11.9. The van der Waals surface area contributed by atoms with E-state index in [1.54, 1.807) is 7.11 Å². The second-order valence-corrected chi connectivity index (χ2v) is 8.51. The minimum Gasteiger partial charge on any atom is -0.511 e. The molecule has 0 saturated carbocycles. The normalized spacial score (nSPS) is 19.4. The first-order valence-electron chi connectivity index (χ1n) is 9.21. The highest BCUT2D eigenvalue weighted by Gasteiger charge is 2.38. The van der Waals surface area contributed by atoms with E-state index in [4.69, 9.17) is 9.47 Å². The molecule has 1 aromatic carbocycles. The molecule has 0 bridgehead atoms. The molecule has 1 aromatic rings. The fourth-order valence-electron chi connectivity index (χ4n) is 3.07. The highest BCUT2D eigenvalue weighted by atomic mass is 16.6. The van der Waals surface area contributed by atoms with E-state index >= 15 is 0 Å². The monoisotopic (exact) mass is 373 g/mol. The average molecular weight is 373 g/mol. The molecule has 2 N–H and O–H groups in total. The maximum Gasteiger partial charge on any atom is 0.407 e. The van der Waals surface area contributed by atoms with E-state index in [9.17, 15) is 9.90 Å². The van der Waals surface area contributed by atoms with Gasteiger partial charge in [-0.05, 0) is 44.0 Å². The summed E-state index contributed by atoms with van der Waals surface area (Å²) >= 11 is 0. The van der Waals surface area contributed by atoms with Crippen molar-refractivity contribution in [3.8, 4) is 0 Å². The smallest absolute Gasteiger partial charge is 0.407 e. The Kier molecular flexibility index (Phi) is 5.93. The molecule has 0 aliphatic heterocycles. The summed E-state index contributed by atoms with van der Waals surface area (Å²) in [6.45, 7) is 11.9. The number of aliphatic hydroxyl groups is 1. The number of hydrogen-bond acceptors (Lipinski definition) is 4. The molecule has 1 aliphatic rings. The van der Waals surface area contributed by atoms with Gasteiger partial charge in [0.25, 0.3) is 0 Å². The highest BCUT2D eigenvalue weighted by molar-refractivity contribution is 5.78. The summed E-state index contributed by atoms with van der Waals surface area (Å²) in [5, 5.41) is 13.5. The lowest BCUT2D eigenvalue weighted by Crippen LogP contribution is -2.32. The van der Waals surface area contributed by atoms with Crippen LogP contribution in [-0.2, 0) is 16.0 Å². The summed E-state index contributed by atoms with van der Waals surface area (Å²) < 4.78 is 10.8. The van der Waals surface area contributed by atoms with Crippen LogP contribution in [-0.4, -0.2) is 23.9 Å². The van der Waals surface area contributed by atoms with E-state index < -0.39 is 11.7 Å². The van der Waals surface area contributed by atoms with Gasteiger partial charge in [0.1, 0.15) is 17.1 Å². The average Bonchev–Trinajstić information content (AvgIpc) is 2.57. The molecular weight excluding hydrogens is 342 g/mol. The van der Waals surface area contributed by atoms with Gasteiger partial charge in [-0.25, -0.2) is 4.79 Å². The number of hydrogen-bond donors (Lipinski definition) is 2. The zero-order chi connectivity index (χ0) is 20.4. The first-order chi connectivity index (χ1) is 12.5. The Hall–Kier alpha value is -2.43. The SMILES string of the molecule is COC1=CC(c2cccc(CNC(=O)OC(C)(C)C)c2)=C(O)C(C)C1(C)C. The van der Waals surface area contributed by atoms with E-state index in [0.717, 1.165) is 22.5 Å². The van der Waals surface area contributed by atoms with Gasteiger partial charge in [0.2, 0.25) is 0 Å². The molecular formula is C22H31NO4. The van der Waals surface area contributed by atoms with Crippen LogP contribution in [0.25, 0.3) is 5.57 Å². The fraction of sp³-hybridized carbons (Fsp3) is 0.500. The maximum atomic E-state index is 11.9. The van der Waals surface area contributed by atoms with Gasteiger partial charge in [0, 0.05) is 23.5 Å². The number of nitrogens with one attached hydrogen (secondary N) is 1. The van der Waals surface area contributed by atoms with Crippen LogP contribution in [0.1, 0.15) is 52.7 Å². The molecule has 1 unspecified atom stereocenters. The third kappa shape index (κ3) is 4.85. The van der Waals surface area contributed by atoms with E-state index in [-0.39, 0.29) is 11.3 Å². The van der Waals surface area contributed by atoms with Crippen molar-refractivity contribution in [2.24, 2.45) is 11.3 Å². The van der Waals surface area contributed by atoms with Crippen molar-refractivity contribution in [1.82, 2.24) is 5.32 Å². The van der Waals surface area contributed by atoms with Crippen molar-refractivity contribution < 1.29 is 19.4 Å². The quantitative estimate of drug-likeness (QED) is 0.762. The number of carbonyl (C=O) groups excluding carboxylic acids is 1. The van der Waals surface area contributed by atoms with Gasteiger partial charge in [0.15, 0.2) is 0 Å². The molecule has 1 atom stereocenters. The molecule has 27 heavy (non-hydrogen) atoms. The van der Waals surface area contributed by atoms with E-state index in [1.165, 1.54) is 0 Å². The van der Waals surface area contributed by atoms with E-state index in [1.807, 2.05) is 58.0 Å². The summed E-state index contributed by atoms with van der Waals surface area (Å²) in [6.07, 6.45) is 1.44. The van der Waals surface area contributed by atoms with Crippen molar-refractivity contribution in [3.05, 3.63) is 53.0 Å². The molecule has 0 heterocycles. The van der Waals surface area contributed by atoms with Crippen LogP contribution in [0.4, 0.5) is 4.79 Å². The van der Waals surface area contributed by atoms with Crippen molar-refractivity contribution in [3.63, 3.8) is 0 Å². The van der Waals surface area contributed by atoms with Crippen molar-refractivity contribution in [1.29, 1.82) is 0 Å². The summed E-state index contributed by atoms with van der Waals surface area (Å²) in [6, 6.07) is 7.73. The maximum absolute atomic E-state index is 11.9. The summed E-state index contributed by atoms with van der Waals surface area (Å²) in [5.41, 5.74) is 1.74. The van der Waals surface area contributed by atoms with Crippen molar-refractivity contribution >= 4 is 11.7 Å². The van der Waals surface area contributed by atoms with Crippen LogP contribution in [0.2, 0.25) is 0 Å². The minimum atomic E-state index is -0.533. The third-order valence-electron chi connectivity index (χ3n) is 4.97. The van der Waals surface area contributed by atoms with Gasteiger partial charge in [0.05, 0.1) is 7.11 Å². The van der Waals surface area contributed by atoms with Crippen LogP contribution < -0.4 is 5.32 Å². The van der Waals surface area contributed by atoms with Gasteiger partial charge < -0.3 is 19.9 Å². The lowest BCUT2D eigenvalue weighted by molar-refractivity contribution is 0.0523. The third-order valence-corrected chi connectivity index (χ3v) is 4.97. The molecule has 5 heteroatoms. The Morgan fingerprint density at radius 3 is 2.56 bits per heavy atom. The van der Waals surface area contributed by atoms with Crippen LogP contribution in [0.3, 0.4) is 0 Å². The van der Waals surface area contributed by atoms with Crippen molar-refractivity contribution in [2.45, 2.75) is 53.7 Å². The van der Waals surface area contributed by atoms with Crippen LogP contribution in [0.5, 0.6) is 0 Å². The molecule has 0 aromatic heterocycles. The number of allylic oxidation sites excluding steroid dienone is 4. The van der Waals surface area contributed by atoms with Crippen LogP contribution in [0, 0.1) is 11.3 Å². The molecule has 0 saturated heterocycles. The number of aliphatic hydroxyl groups excluding tert-OH is 1. The van der Waals surface area contributed by atoms with E-state index in [0.29, 0.717) is 12.3 Å². The van der Waals surface area contributed by atoms with Gasteiger partial charge in [-0.15, -0.1) is 0 Å². The second kappa shape index (κ2) is 7.67. The summed E-state index contributed by atoms with van der Waals surface area (Å²) in [7, 11) is 1.65. The lowest BCUT2D eigenvalue weighted by atomic mass is 9.72. The first-order valence-corrected chi connectivity index (χ1v) is 9.21. The molecule has 2 rings (SSSR count). The Balaban J connectivity index is 2.23. The topological polar surface area (TPSA) is 67.8 Å². The van der Waals surface area contributed by atoms with Gasteiger partial charge in [-0.1, -0.05) is 39.0 Å². The fourth-order valence-corrected chi connectivity index (χ4v) is 3.07. The molecule has 5 nitrogen and oxygen atoms in total. The summed E-state index contributed by atoms with van der Waals surface area (Å²) in [5.74, 6) is 1.11. The number of alkyl carbamates (subject to hydrolysis) is 1. The minimum absolute atomic E-state index is 0.0732. The van der Waals surface area contributed by atoms with Crippen LogP contribution >= 0.6 is 0 Å². The number of ether oxygens (including phenoxy) is 2. The van der Waals surface area contributed by atoms with Gasteiger partial charge >= 0.3 is 6.09 Å². The zero-order valence-electron chi connectivity index (χ0n) is 17.3. The molecule has 1 amide bonds. The number of amides is 1. The molecule has 0 fully saturated rings. The predicted molar refractivity (Wildman–Crippen MR) is 107 cm³/mol. The Morgan fingerprint density at radius 1 is 1.30 bits per heavy atom. The highest BCUT2D eigenvalue weighted by Crippen LogP contribution is 2.45. The van der Waals surface area contributed by atoms with Gasteiger partial charge in [-0.2, -0.15) is 0 Å². The lowest BCUT2D eigenvalue weighted by Gasteiger charge is -2.37. The Morgan fingerprint density at radius 2 is 1.96 bits per heavy atom. The van der Waals surface area contributed by atoms with Gasteiger partial charge in [-0.3, -0.25) is 0 Å². The molecule has 0 spiro atoms. The predicted octanol–water partition coefficient (Wildman–Crippen LogP) is 5.19. The first kappa shape index (κ1) is 20.9. The largest absolute Gasteiger partial charge is 0.511 e. The number of carbonyl (C=O) groups is 1. The molecule has 0 radical (unpaired) electrons. The number of rotatable bonds is 4.